The Morgan fingerprint density at radius 2 is 1.97 bits per heavy atom. The number of halogens is 1. The Hall–Kier alpha value is -3.47. The molecule has 3 aromatic heterocycles. The number of nitrogens with zero attached hydrogens (tertiary/aromatic N) is 2. The molecular weight excluding hydrogens is 447 g/mol. The highest BCUT2D eigenvalue weighted by atomic mass is 32.2. The van der Waals surface area contributed by atoms with E-state index in [1.54, 1.807) is 37.6 Å². The number of hydrogen-bond acceptors (Lipinski definition) is 6. The van der Waals surface area contributed by atoms with Gasteiger partial charge in [-0.15, -0.1) is 0 Å². The Morgan fingerprint density at radius 1 is 1.15 bits per heavy atom. The van der Waals surface area contributed by atoms with E-state index >= 15 is 4.39 Å². The second-order valence-corrected chi connectivity index (χ2v) is 9.53. The van der Waals surface area contributed by atoms with E-state index in [9.17, 15) is 18.4 Å². The van der Waals surface area contributed by atoms with Crippen LogP contribution in [0, 0.1) is 11.0 Å². The number of unbranched alkanes of at least 4 members (excludes halogenated alkanes) is 1. The molecule has 1 aromatic carbocycles. The molecular formula is C23H21FN4O4S. The zero-order chi connectivity index (χ0) is 23.6. The average Bonchev–Trinajstić information content (AvgIpc) is 3.26. The largest absolute Gasteiger partial charge is 0.613 e. The van der Waals surface area contributed by atoms with Crippen LogP contribution < -0.4 is 4.47 Å². The molecule has 0 saturated carbocycles. The summed E-state index contributed by atoms with van der Waals surface area (Å²) in [6.45, 7) is 1.79. The average molecular weight is 469 g/mol. The summed E-state index contributed by atoms with van der Waals surface area (Å²) >= 11 is 0. The van der Waals surface area contributed by atoms with Gasteiger partial charge in [-0.1, -0.05) is 25.5 Å². The quantitative estimate of drug-likeness (QED) is 0.303. The van der Waals surface area contributed by atoms with E-state index < -0.39 is 31.8 Å². The van der Waals surface area contributed by atoms with Gasteiger partial charge in [0.15, 0.2) is 17.3 Å². The number of sulfonamides is 1. The molecule has 0 fully saturated rings. The first-order chi connectivity index (χ1) is 15.8. The molecule has 1 unspecified atom stereocenters. The van der Waals surface area contributed by atoms with Crippen LogP contribution in [0.15, 0.2) is 61.2 Å². The number of hydrogen-bond donors (Lipinski definition) is 2. The van der Waals surface area contributed by atoms with Gasteiger partial charge in [0.2, 0.25) is 0 Å². The Bertz CT molecular complexity index is 1420. The molecule has 0 aliphatic heterocycles. The molecule has 2 N–H and O–H groups in total. The number of quaternary nitrogens is 1. The molecule has 4 aromatic rings. The minimum atomic E-state index is -4.18. The van der Waals surface area contributed by atoms with E-state index in [-0.39, 0.29) is 23.3 Å². The summed E-state index contributed by atoms with van der Waals surface area (Å²) in [5, 5.41) is 13.0. The monoisotopic (exact) mass is 468 g/mol. The number of aromatic nitrogens is 3. The van der Waals surface area contributed by atoms with Crippen molar-refractivity contribution in [2.75, 3.05) is 5.75 Å². The number of carbonyl (C=O) groups excluding carboxylic acids is 1. The fourth-order valence-corrected chi connectivity index (χ4v) is 4.83. The van der Waals surface area contributed by atoms with Crippen molar-refractivity contribution in [1.82, 2.24) is 15.0 Å². The third kappa shape index (κ3) is 4.40. The first-order valence-corrected chi connectivity index (χ1v) is 12.0. The Morgan fingerprint density at radius 3 is 2.70 bits per heavy atom. The lowest BCUT2D eigenvalue weighted by atomic mass is 10.0. The highest BCUT2D eigenvalue weighted by Gasteiger charge is 2.27. The zero-order valence-electron chi connectivity index (χ0n) is 17.7. The molecule has 0 radical (unpaired) electrons. The zero-order valence-corrected chi connectivity index (χ0v) is 18.5. The van der Waals surface area contributed by atoms with Crippen LogP contribution in [0.1, 0.15) is 35.7 Å². The van der Waals surface area contributed by atoms with E-state index in [0.717, 1.165) is 17.2 Å². The fraction of sp³-hybridized carbons (Fsp3) is 0.174. The Kier molecular flexibility index (Phi) is 6.32. The van der Waals surface area contributed by atoms with E-state index in [1.807, 2.05) is 6.07 Å². The second kappa shape index (κ2) is 9.18. The van der Waals surface area contributed by atoms with Crippen LogP contribution in [0.3, 0.4) is 0 Å². The fourth-order valence-electron chi connectivity index (χ4n) is 3.49. The maximum absolute atomic E-state index is 15.2. The third-order valence-corrected chi connectivity index (χ3v) is 6.89. The number of rotatable bonds is 8. The van der Waals surface area contributed by atoms with Crippen molar-refractivity contribution >= 4 is 32.5 Å². The van der Waals surface area contributed by atoms with Gasteiger partial charge in [-0.05, 0) is 24.6 Å². The van der Waals surface area contributed by atoms with Crippen molar-refractivity contribution in [3.8, 4) is 11.1 Å². The second-order valence-electron chi connectivity index (χ2n) is 7.52. The van der Waals surface area contributed by atoms with E-state index in [4.69, 9.17) is 0 Å². The summed E-state index contributed by atoms with van der Waals surface area (Å²) < 4.78 is 38.5. The van der Waals surface area contributed by atoms with Crippen LogP contribution in [-0.4, -0.2) is 34.9 Å². The molecule has 0 spiro atoms. The molecule has 4 rings (SSSR count). The van der Waals surface area contributed by atoms with Crippen LogP contribution >= 0.6 is 0 Å². The first kappa shape index (κ1) is 22.7. The summed E-state index contributed by atoms with van der Waals surface area (Å²) in [4.78, 5) is 24.5. The molecule has 0 aliphatic carbocycles. The maximum atomic E-state index is 15.2. The van der Waals surface area contributed by atoms with E-state index in [1.165, 1.54) is 18.3 Å². The number of benzene rings is 1. The number of pyridine rings is 2. The summed E-state index contributed by atoms with van der Waals surface area (Å²) in [7, 11) is -4.18. The van der Waals surface area contributed by atoms with Crippen molar-refractivity contribution < 1.29 is 22.1 Å². The van der Waals surface area contributed by atoms with Gasteiger partial charge >= 0.3 is 0 Å². The predicted octanol–water partition coefficient (Wildman–Crippen LogP) is 3.14. The van der Waals surface area contributed by atoms with Crippen molar-refractivity contribution in [1.29, 1.82) is 0 Å². The molecule has 3 heterocycles. The smallest absolute Gasteiger partial charge is 0.300 e. The number of nitrogens with one attached hydrogen (secondary N) is 2. The van der Waals surface area contributed by atoms with Gasteiger partial charge in [-0.2, -0.15) is 12.8 Å². The lowest BCUT2D eigenvalue weighted by Crippen LogP contribution is -3.05. The Labute approximate surface area is 189 Å². The molecule has 170 valence electrons. The van der Waals surface area contributed by atoms with Crippen LogP contribution in [0.4, 0.5) is 10.1 Å². The van der Waals surface area contributed by atoms with Crippen LogP contribution in [0.2, 0.25) is 0 Å². The number of ketones is 1. The summed E-state index contributed by atoms with van der Waals surface area (Å²) in [5.41, 5.74) is 1.07. The number of fused-ring (bicyclic) bond motifs is 1. The molecule has 0 amide bonds. The molecule has 0 bridgehead atoms. The van der Waals surface area contributed by atoms with Crippen molar-refractivity contribution in [3.05, 3.63) is 83.3 Å². The number of carbonyl (C=O) groups is 1. The predicted molar refractivity (Wildman–Crippen MR) is 122 cm³/mol. The van der Waals surface area contributed by atoms with Gasteiger partial charge in [-0.3, -0.25) is 9.78 Å². The molecule has 0 aliphatic rings. The molecule has 0 saturated heterocycles. The first-order valence-electron chi connectivity index (χ1n) is 10.3. The van der Waals surface area contributed by atoms with Crippen molar-refractivity contribution in [3.63, 3.8) is 0 Å². The van der Waals surface area contributed by atoms with Crippen molar-refractivity contribution in [2.24, 2.45) is 0 Å². The van der Waals surface area contributed by atoms with Gasteiger partial charge in [0.25, 0.3) is 10.0 Å². The van der Waals surface area contributed by atoms with Crippen LogP contribution in [0.5, 0.6) is 0 Å². The minimum absolute atomic E-state index is 0.153. The topological polar surface area (TPSA) is 120 Å². The lowest BCUT2D eigenvalue weighted by molar-refractivity contribution is -0.626. The van der Waals surface area contributed by atoms with Gasteiger partial charge in [0.1, 0.15) is 11.4 Å². The van der Waals surface area contributed by atoms with Gasteiger partial charge in [-0.25, -0.2) is 9.45 Å². The standard InChI is InChI=1S/C23H21FN4O4S/c1-2-3-10-33(31,32)28(30)20-8-4-7-17(21(20)24)22(29)19-14-27-23-18(19)11-16(13-26-23)15-6-5-9-25-12-15/h4-9,11-14,28H,2-3,10H2,1H3,(H,26,27). The van der Waals surface area contributed by atoms with Crippen molar-refractivity contribution in [2.45, 2.75) is 19.8 Å². The lowest BCUT2D eigenvalue weighted by Gasteiger charge is -2.21. The number of H-pyrrole nitrogens is 1. The minimum Gasteiger partial charge on any atom is -0.613 e. The third-order valence-electron chi connectivity index (χ3n) is 5.28. The normalized spacial score (nSPS) is 12.7. The molecule has 8 nitrogen and oxygen atoms in total. The highest BCUT2D eigenvalue weighted by Crippen LogP contribution is 2.27. The van der Waals surface area contributed by atoms with E-state index in [2.05, 4.69) is 15.0 Å². The Balaban J connectivity index is 1.74. The SMILES string of the molecule is CCCCS(=O)(=O)[NH+]([O-])c1cccc(C(=O)c2c[nH]c3ncc(-c4cccnc4)cc23)c1F. The summed E-state index contributed by atoms with van der Waals surface area (Å²) in [5.74, 6) is -2.21. The molecule has 33 heavy (non-hydrogen) atoms. The maximum Gasteiger partial charge on any atom is 0.300 e. The number of aromatic amines is 1. The summed E-state index contributed by atoms with van der Waals surface area (Å²) in [6.07, 6.45) is 7.20. The van der Waals surface area contributed by atoms with Gasteiger partial charge in [0, 0.05) is 52.9 Å². The van der Waals surface area contributed by atoms with Crippen LogP contribution in [0.25, 0.3) is 22.2 Å². The highest BCUT2D eigenvalue weighted by molar-refractivity contribution is 7.85. The van der Waals surface area contributed by atoms with Gasteiger partial charge < -0.3 is 10.2 Å². The summed E-state index contributed by atoms with van der Waals surface area (Å²) in [6, 6.07) is 8.96. The van der Waals surface area contributed by atoms with E-state index in [0.29, 0.717) is 17.5 Å². The van der Waals surface area contributed by atoms with Gasteiger partial charge in [0.05, 0.1) is 5.56 Å². The van der Waals surface area contributed by atoms with Crippen LogP contribution in [-0.2, 0) is 10.0 Å². The molecule has 1 atom stereocenters. The molecule has 10 heteroatoms.